The Balaban J connectivity index is 0.00000289. The van der Waals surface area contributed by atoms with Gasteiger partial charge in [-0.2, -0.15) is 13.2 Å². The summed E-state index contributed by atoms with van der Waals surface area (Å²) in [6, 6.07) is 0. The third kappa shape index (κ3) is 7.03. The van der Waals surface area contributed by atoms with E-state index in [0.717, 1.165) is 25.9 Å². The highest BCUT2D eigenvalue weighted by Crippen LogP contribution is 2.17. The van der Waals surface area contributed by atoms with E-state index in [4.69, 9.17) is 0 Å². The molecule has 108 valence electrons. The molecule has 1 saturated heterocycles. The number of rotatable bonds is 4. The highest BCUT2D eigenvalue weighted by atomic mass is 35.5. The fourth-order valence-corrected chi connectivity index (χ4v) is 1.74. The van der Waals surface area contributed by atoms with Crippen molar-refractivity contribution < 1.29 is 22.7 Å². The average molecular weight is 291 g/mol. The highest BCUT2D eigenvalue weighted by molar-refractivity contribution is 5.85. The molecule has 4 nitrogen and oxygen atoms in total. The smallest absolute Gasteiger partial charge is 0.362 e. The van der Waals surface area contributed by atoms with E-state index in [2.05, 4.69) is 15.4 Å². The van der Waals surface area contributed by atoms with Gasteiger partial charge in [-0.25, -0.2) is 0 Å². The molecule has 0 aromatic carbocycles. The van der Waals surface area contributed by atoms with Crippen LogP contribution in [0, 0.1) is 0 Å². The molecule has 2 N–H and O–H groups in total. The van der Waals surface area contributed by atoms with Gasteiger partial charge in [0.25, 0.3) is 0 Å². The van der Waals surface area contributed by atoms with E-state index < -0.39 is 25.3 Å². The summed E-state index contributed by atoms with van der Waals surface area (Å²) in [5.41, 5.74) is -0.343. The quantitative estimate of drug-likeness (QED) is 0.819. The van der Waals surface area contributed by atoms with Gasteiger partial charge < -0.3 is 15.4 Å². The molecular formula is C10H18ClF3N2O2. The zero-order valence-electron chi connectivity index (χ0n) is 10.1. The molecule has 1 aliphatic heterocycles. The first kappa shape index (κ1) is 17.5. The minimum atomic E-state index is -4.39. The van der Waals surface area contributed by atoms with Crippen LogP contribution in [0.5, 0.6) is 0 Å². The number of hydrogen-bond donors (Lipinski definition) is 2. The summed E-state index contributed by atoms with van der Waals surface area (Å²) in [5, 5.41) is 5.86. The summed E-state index contributed by atoms with van der Waals surface area (Å²) in [6.07, 6.45) is -2.87. The Labute approximate surface area is 110 Å². The number of hydrogen-bond acceptors (Lipinski definition) is 3. The number of nitrogens with one attached hydrogen (secondary N) is 2. The van der Waals surface area contributed by atoms with Gasteiger partial charge in [0, 0.05) is 5.54 Å². The Bertz CT molecular complexity index is 268. The molecule has 8 heteroatoms. The average Bonchev–Trinajstić information content (AvgIpc) is 2.15. The van der Waals surface area contributed by atoms with Crippen LogP contribution in [0.2, 0.25) is 0 Å². The molecule has 0 aromatic rings. The van der Waals surface area contributed by atoms with Gasteiger partial charge in [-0.1, -0.05) is 0 Å². The van der Waals surface area contributed by atoms with E-state index in [-0.39, 0.29) is 17.9 Å². The van der Waals surface area contributed by atoms with Crippen molar-refractivity contribution in [3.8, 4) is 0 Å². The van der Waals surface area contributed by atoms with Crippen molar-refractivity contribution in [1.29, 1.82) is 0 Å². The molecule has 0 spiro atoms. The topological polar surface area (TPSA) is 50.4 Å². The zero-order valence-corrected chi connectivity index (χ0v) is 10.9. The Kier molecular flexibility index (Phi) is 6.94. The van der Waals surface area contributed by atoms with Crippen molar-refractivity contribution in [2.45, 2.75) is 31.5 Å². The monoisotopic (exact) mass is 290 g/mol. The Hall–Kier alpha value is -0.530. The van der Waals surface area contributed by atoms with Gasteiger partial charge in [0.1, 0.15) is 13.2 Å². The molecule has 0 atom stereocenters. The summed E-state index contributed by atoms with van der Waals surface area (Å²) in [6.45, 7) is 1.52. The lowest BCUT2D eigenvalue weighted by atomic mass is 9.90. The summed E-state index contributed by atoms with van der Waals surface area (Å²) < 4.78 is 39.6. The molecular weight excluding hydrogens is 273 g/mol. The van der Waals surface area contributed by atoms with Gasteiger partial charge in [0.15, 0.2) is 0 Å². The van der Waals surface area contributed by atoms with E-state index in [0.29, 0.717) is 0 Å². The maximum atomic E-state index is 11.8. The summed E-state index contributed by atoms with van der Waals surface area (Å²) in [7, 11) is 0. The minimum absolute atomic E-state index is 0. The van der Waals surface area contributed by atoms with Crippen molar-refractivity contribution in [1.82, 2.24) is 10.6 Å². The van der Waals surface area contributed by atoms with Crippen molar-refractivity contribution in [3.63, 3.8) is 0 Å². The zero-order chi connectivity index (χ0) is 12.9. The predicted molar refractivity (Wildman–Crippen MR) is 62.8 cm³/mol. The summed E-state index contributed by atoms with van der Waals surface area (Å²) >= 11 is 0. The van der Waals surface area contributed by atoms with E-state index in [1.807, 2.05) is 6.92 Å². The van der Waals surface area contributed by atoms with Crippen LogP contribution in [0.1, 0.15) is 19.8 Å². The van der Waals surface area contributed by atoms with E-state index >= 15 is 0 Å². The van der Waals surface area contributed by atoms with Gasteiger partial charge >= 0.3 is 6.18 Å². The molecule has 0 radical (unpaired) electrons. The maximum Gasteiger partial charge on any atom is 0.411 e. The molecule has 0 unspecified atom stereocenters. The van der Waals surface area contributed by atoms with Gasteiger partial charge in [-0.15, -0.1) is 12.4 Å². The van der Waals surface area contributed by atoms with Gasteiger partial charge in [-0.3, -0.25) is 4.79 Å². The van der Waals surface area contributed by atoms with Crippen LogP contribution in [0.4, 0.5) is 13.2 Å². The Morgan fingerprint density at radius 1 is 1.39 bits per heavy atom. The third-order valence-corrected chi connectivity index (χ3v) is 2.65. The largest absolute Gasteiger partial charge is 0.411 e. The number of alkyl halides is 3. The summed E-state index contributed by atoms with van der Waals surface area (Å²) in [5.74, 6) is -0.501. The second-order valence-corrected chi connectivity index (χ2v) is 4.47. The maximum absolute atomic E-state index is 11.8. The van der Waals surface area contributed by atoms with E-state index in [9.17, 15) is 18.0 Å². The van der Waals surface area contributed by atoms with Crippen LogP contribution in [0.25, 0.3) is 0 Å². The number of carbonyl (C=O) groups excluding carboxylic acids is 1. The van der Waals surface area contributed by atoms with Crippen LogP contribution < -0.4 is 10.6 Å². The predicted octanol–water partition coefficient (Wildman–Crippen LogP) is 1.25. The van der Waals surface area contributed by atoms with E-state index in [1.54, 1.807) is 0 Å². The van der Waals surface area contributed by atoms with Gasteiger partial charge in [0.05, 0.1) is 0 Å². The molecule has 0 bridgehead atoms. The molecule has 0 aromatic heterocycles. The Morgan fingerprint density at radius 3 is 2.44 bits per heavy atom. The van der Waals surface area contributed by atoms with Crippen LogP contribution in [0.3, 0.4) is 0 Å². The second-order valence-electron chi connectivity index (χ2n) is 4.47. The normalized spacial score (nSPS) is 18.9. The van der Waals surface area contributed by atoms with Crippen molar-refractivity contribution in [3.05, 3.63) is 0 Å². The number of carbonyl (C=O) groups is 1. The molecule has 1 heterocycles. The van der Waals surface area contributed by atoms with Crippen LogP contribution >= 0.6 is 12.4 Å². The fraction of sp³-hybridized carbons (Fsp3) is 0.900. The van der Waals surface area contributed by atoms with Crippen molar-refractivity contribution in [2.75, 3.05) is 26.3 Å². The molecule has 18 heavy (non-hydrogen) atoms. The lowest BCUT2D eigenvalue weighted by Gasteiger charge is -2.34. The van der Waals surface area contributed by atoms with Crippen LogP contribution in [-0.4, -0.2) is 43.9 Å². The van der Waals surface area contributed by atoms with E-state index in [1.165, 1.54) is 0 Å². The van der Waals surface area contributed by atoms with Crippen molar-refractivity contribution in [2.24, 2.45) is 0 Å². The fourth-order valence-electron chi connectivity index (χ4n) is 1.74. The molecule has 0 saturated carbocycles. The lowest BCUT2D eigenvalue weighted by molar-refractivity contribution is -0.176. The van der Waals surface area contributed by atoms with Crippen molar-refractivity contribution >= 4 is 18.3 Å². The first-order valence-electron chi connectivity index (χ1n) is 5.47. The van der Waals surface area contributed by atoms with Crippen LogP contribution in [-0.2, 0) is 9.53 Å². The first-order chi connectivity index (χ1) is 7.81. The molecule has 1 aliphatic rings. The van der Waals surface area contributed by atoms with Gasteiger partial charge in [0.2, 0.25) is 5.91 Å². The Morgan fingerprint density at radius 2 is 1.94 bits per heavy atom. The number of halogens is 4. The SMILES string of the molecule is CC1(NC(=O)COCC(F)(F)F)CCNCC1.Cl. The molecule has 0 aliphatic carbocycles. The number of ether oxygens (including phenoxy) is 1. The summed E-state index contributed by atoms with van der Waals surface area (Å²) in [4.78, 5) is 11.4. The number of amides is 1. The standard InChI is InChI=1S/C10H17F3N2O2.ClH/c1-9(2-4-14-5-3-9)15-8(16)6-17-7-10(11,12)13;/h14H,2-7H2,1H3,(H,15,16);1H. The minimum Gasteiger partial charge on any atom is -0.362 e. The van der Waals surface area contributed by atoms with Crippen LogP contribution in [0.15, 0.2) is 0 Å². The third-order valence-electron chi connectivity index (χ3n) is 2.65. The lowest BCUT2D eigenvalue weighted by Crippen LogP contribution is -2.53. The number of piperidine rings is 1. The molecule has 1 fully saturated rings. The van der Waals surface area contributed by atoms with Gasteiger partial charge in [-0.05, 0) is 32.9 Å². The molecule has 1 rings (SSSR count). The first-order valence-corrected chi connectivity index (χ1v) is 5.47. The second kappa shape index (κ2) is 7.16. The molecule has 1 amide bonds. The highest BCUT2D eigenvalue weighted by Gasteiger charge is 2.30.